The Morgan fingerprint density at radius 1 is 1.00 bits per heavy atom. The van der Waals surface area contributed by atoms with Crippen LogP contribution in [0.2, 0.25) is 5.02 Å². The van der Waals surface area contributed by atoms with Crippen LogP contribution in [0.5, 0.6) is 0 Å². The summed E-state index contributed by atoms with van der Waals surface area (Å²) in [5, 5.41) is 10.1. The molecule has 0 saturated carbocycles. The number of aliphatic hydroxyl groups is 1. The summed E-state index contributed by atoms with van der Waals surface area (Å²) in [6.45, 7) is 3.67. The van der Waals surface area contributed by atoms with Crippen LogP contribution in [0.1, 0.15) is 19.4 Å². The van der Waals surface area contributed by atoms with E-state index in [4.69, 9.17) is 11.6 Å². The van der Waals surface area contributed by atoms with E-state index in [9.17, 15) is 5.11 Å². The van der Waals surface area contributed by atoms with Gasteiger partial charge in [-0.2, -0.15) is 0 Å². The maximum absolute atomic E-state index is 9.40. The third-order valence-electron chi connectivity index (χ3n) is 3.21. The summed E-state index contributed by atoms with van der Waals surface area (Å²) in [7, 11) is 0. The number of benzene rings is 2. The van der Waals surface area contributed by atoms with Gasteiger partial charge in [0.25, 0.3) is 0 Å². The summed E-state index contributed by atoms with van der Waals surface area (Å²) in [6, 6.07) is 15.8. The maximum atomic E-state index is 9.40. The minimum absolute atomic E-state index is 0.0254. The van der Waals surface area contributed by atoms with Crippen LogP contribution in [0.25, 0.3) is 11.1 Å². The first-order valence-corrected chi connectivity index (χ1v) is 6.99. The molecule has 0 aliphatic carbocycles. The van der Waals surface area contributed by atoms with Crippen LogP contribution < -0.4 is 0 Å². The molecule has 0 spiro atoms. The first-order valence-electron chi connectivity index (χ1n) is 6.62. The summed E-state index contributed by atoms with van der Waals surface area (Å²) in [4.78, 5) is 0. The molecule has 1 N–H and O–H groups in total. The van der Waals surface area contributed by atoms with Gasteiger partial charge in [-0.1, -0.05) is 47.7 Å². The van der Waals surface area contributed by atoms with Crippen LogP contribution in [-0.4, -0.2) is 11.2 Å². The molecule has 0 fully saturated rings. The number of hydrogen-bond donors (Lipinski definition) is 1. The van der Waals surface area contributed by atoms with Gasteiger partial charge in [0.1, 0.15) is 0 Å². The van der Waals surface area contributed by atoms with Crippen molar-refractivity contribution in [1.82, 2.24) is 0 Å². The van der Waals surface area contributed by atoms with E-state index in [2.05, 4.69) is 11.8 Å². The van der Waals surface area contributed by atoms with Gasteiger partial charge in [0.05, 0.1) is 6.10 Å². The molecule has 20 heavy (non-hydrogen) atoms. The van der Waals surface area contributed by atoms with Crippen LogP contribution in [0.4, 0.5) is 0 Å². The van der Waals surface area contributed by atoms with Crippen LogP contribution in [0.3, 0.4) is 0 Å². The highest BCUT2D eigenvalue weighted by molar-refractivity contribution is 6.30. The predicted octanol–water partition coefficient (Wildman–Crippen LogP) is 4.38. The second-order valence-corrected chi connectivity index (χ2v) is 5.32. The molecule has 0 aromatic heterocycles. The summed E-state index contributed by atoms with van der Waals surface area (Å²) in [5.41, 5.74) is 3.15. The summed E-state index contributed by atoms with van der Waals surface area (Å²) in [5.74, 6) is 6.10. The molecule has 2 unspecified atom stereocenters. The van der Waals surface area contributed by atoms with E-state index in [0.717, 1.165) is 21.7 Å². The zero-order valence-electron chi connectivity index (χ0n) is 11.6. The van der Waals surface area contributed by atoms with Crippen molar-refractivity contribution in [2.45, 2.75) is 20.0 Å². The Morgan fingerprint density at radius 3 is 2.30 bits per heavy atom. The lowest BCUT2D eigenvalue weighted by molar-refractivity contribution is 0.161. The van der Waals surface area contributed by atoms with Crippen LogP contribution in [0, 0.1) is 17.8 Å². The van der Waals surface area contributed by atoms with Crippen molar-refractivity contribution in [2.24, 2.45) is 5.92 Å². The molecule has 2 atom stereocenters. The first kappa shape index (κ1) is 14.7. The molecule has 2 rings (SSSR count). The number of rotatable bonds is 2. The van der Waals surface area contributed by atoms with E-state index in [-0.39, 0.29) is 5.92 Å². The molecular weight excluding hydrogens is 268 g/mol. The second kappa shape index (κ2) is 6.61. The Hall–Kier alpha value is -1.75. The molecule has 0 radical (unpaired) electrons. The Kier molecular flexibility index (Phi) is 4.84. The van der Waals surface area contributed by atoms with Gasteiger partial charge in [-0.15, -0.1) is 0 Å². The van der Waals surface area contributed by atoms with E-state index < -0.39 is 6.10 Å². The number of aliphatic hydroxyl groups excluding tert-OH is 1. The van der Waals surface area contributed by atoms with Crippen LogP contribution in [-0.2, 0) is 0 Å². The van der Waals surface area contributed by atoms with Crippen LogP contribution >= 0.6 is 11.6 Å². The Labute approximate surface area is 125 Å². The molecule has 2 heteroatoms. The SMILES string of the molecule is CC(O)C(C)C#Cc1ccc(-c2cccc(Cl)c2)cc1. The standard InChI is InChI=1S/C18H17ClO/c1-13(14(2)20)6-7-15-8-10-16(11-9-15)17-4-3-5-18(19)12-17/h3-5,8-14,20H,1-2H3. The largest absolute Gasteiger partial charge is 0.392 e. The summed E-state index contributed by atoms with van der Waals surface area (Å²) >= 11 is 5.99. The smallest absolute Gasteiger partial charge is 0.0646 e. The average molecular weight is 285 g/mol. The van der Waals surface area contributed by atoms with Crippen molar-refractivity contribution < 1.29 is 5.11 Å². The van der Waals surface area contributed by atoms with Gasteiger partial charge in [0.15, 0.2) is 0 Å². The fourth-order valence-electron chi connectivity index (χ4n) is 1.73. The molecule has 0 bridgehead atoms. The molecule has 1 nitrogen and oxygen atoms in total. The lowest BCUT2D eigenvalue weighted by atomic mass is 10.0. The van der Waals surface area contributed by atoms with Crippen molar-refractivity contribution in [3.05, 3.63) is 59.1 Å². The highest BCUT2D eigenvalue weighted by Gasteiger charge is 2.03. The lowest BCUT2D eigenvalue weighted by Crippen LogP contribution is -2.10. The lowest BCUT2D eigenvalue weighted by Gasteiger charge is -2.05. The highest BCUT2D eigenvalue weighted by Crippen LogP contribution is 2.22. The van der Waals surface area contributed by atoms with Gasteiger partial charge in [0, 0.05) is 16.5 Å². The first-order chi connectivity index (χ1) is 9.56. The Balaban J connectivity index is 2.18. The molecule has 0 amide bonds. The monoisotopic (exact) mass is 284 g/mol. The topological polar surface area (TPSA) is 20.2 Å². The maximum Gasteiger partial charge on any atom is 0.0646 e. The average Bonchev–Trinajstić information content (AvgIpc) is 2.45. The summed E-state index contributed by atoms with van der Waals surface area (Å²) < 4.78 is 0. The van der Waals surface area contributed by atoms with Gasteiger partial charge in [-0.05, 0) is 49.2 Å². The van der Waals surface area contributed by atoms with Gasteiger partial charge >= 0.3 is 0 Å². The molecular formula is C18H17ClO. The molecule has 0 saturated heterocycles. The van der Waals surface area contributed by atoms with E-state index >= 15 is 0 Å². The van der Waals surface area contributed by atoms with E-state index in [1.54, 1.807) is 6.92 Å². The van der Waals surface area contributed by atoms with Gasteiger partial charge < -0.3 is 5.11 Å². The molecule has 0 heterocycles. The van der Waals surface area contributed by atoms with Crippen molar-refractivity contribution in [1.29, 1.82) is 0 Å². The van der Waals surface area contributed by atoms with E-state index in [0.29, 0.717) is 0 Å². The van der Waals surface area contributed by atoms with Crippen molar-refractivity contribution in [2.75, 3.05) is 0 Å². The van der Waals surface area contributed by atoms with E-state index in [1.165, 1.54) is 0 Å². The number of halogens is 1. The van der Waals surface area contributed by atoms with Crippen molar-refractivity contribution >= 4 is 11.6 Å². The van der Waals surface area contributed by atoms with Crippen LogP contribution in [0.15, 0.2) is 48.5 Å². The Morgan fingerprint density at radius 2 is 1.70 bits per heavy atom. The number of hydrogen-bond acceptors (Lipinski definition) is 1. The minimum Gasteiger partial charge on any atom is -0.392 e. The third kappa shape index (κ3) is 3.87. The fourth-order valence-corrected chi connectivity index (χ4v) is 1.92. The Bertz CT molecular complexity index is 632. The van der Waals surface area contributed by atoms with Crippen molar-refractivity contribution in [3.8, 4) is 23.0 Å². The predicted molar refractivity (Wildman–Crippen MR) is 84.6 cm³/mol. The molecule has 2 aromatic carbocycles. The highest BCUT2D eigenvalue weighted by atomic mass is 35.5. The quantitative estimate of drug-likeness (QED) is 0.812. The van der Waals surface area contributed by atoms with Gasteiger partial charge in [-0.3, -0.25) is 0 Å². The van der Waals surface area contributed by atoms with Gasteiger partial charge in [0.2, 0.25) is 0 Å². The zero-order chi connectivity index (χ0) is 14.5. The summed E-state index contributed by atoms with van der Waals surface area (Å²) in [6.07, 6.45) is -0.409. The zero-order valence-corrected chi connectivity index (χ0v) is 12.4. The minimum atomic E-state index is -0.409. The van der Waals surface area contributed by atoms with Gasteiger partial charge in [-0.25, -0.2) is 0 Å². The molecule has 0 aliphatic rings. The van der Waals surface area contributed by atoms with Crippen molar-refractivity contribution in [3.63, 3.8) is 0 Å². The molecule has 0 aliphatic heterocycles. The molecule has 2 aromatic rings. The second-order valence-electron chi connectivity index (χ2n) is 4.89. The normalized spacial score (nSPS) is 13.2. The third-order valence-corrected chi connectivity index (χ3v) is 3.45. The molecule has 102 valence electrons. The van der Waals surface area contributed by atoms with E-state index in [1.807, 2.05) is 55.5 Å². The fraction of sp³-hybridized carbons (Fsp3) is 0.222.